The molecule has 3 rings (SSSR count). The van der Waals surface area contributed by atoms with E-state index in [-0.39, 0.29) is 63.2 Å². The first kappa shape index (κ1) is 26.8. The summed E-state index contributed by atoms with van der Waals surface area (Å²) >= 11 is 1.28. The molecule has 0 spiro atoms. The zero-order valence-corrected chi connectivity index (χ0v) is 21.3. The molecule has 0 amide bonds. The molecule has 2 heterocycles. The van der Waals surface area contributed by atoms with E-state index in [1.54, 1.807) is 25.1 Å². The van der Waals surface area contributed by atoms with Crippen LogP contribution in [0.5, 0.6) is 0 Å². The van der Waals surface area contributed by atoms with Crippen LogP contribution in [0.15, 0.2) is 24.3 Å². The number of aromatic nitrogens is 1. The molecule has 1 aliphatic heterocycles. The first-order chi connectivity index (χ1) is 12.4. The van der Waals surface area contributed by atoms with E-state index >= 15 is 0 Å². The van der Waals surface area contributed by atoms with Crippen LogP contribution >= 0.6 is 11.3 Å². The molecule has 5 nitrogen and oxygen atoms in total. The van der Waals surface area contributed by atoms with E-state index in [0.29, 0.717) is 16.9 Å². The van der Waals surface area contributed by atoms with Crippen LogP contribution in [0.25, 0.3) is 10.7 Å². The molecule has 1 radical (unpaired) electrons. The van der Waals surface area contributed by atoms with Crippen molar-refractivity contribution in [1.29, 1.82) is 0 Å². The van der Waals surface area contributed by atoms with Gasteiger partial charge in [0.2, 0.25) is 0 Å². The summed E-state index contributed by atoms with van der Waals surface area (Å²) in [5.41, 5.74) is 1.22. The van der Waals surface area contributed by atoms with Gasteiger partial charge in [0.05, 0.1) is 11.6 Å². The van der Waals surface area contributed by atoms with Crippen molar-refractivity contribution < 1.29 is 46.2 Å². The number of anilines is 1. The second-order valence-corrected chi connectivity index (χ2v) is 8.21. The van der Waals surface area contributed by atoms with Gasteiger partial charge in [-0.1, -0.05) is 51.0 Å². The van der Waals surface area contributed by atoms with Gasteiger partial charge >= 0.3 is 0 Å². The van der Waals surface area contributed by atoms with E-state index < -0.39 is 10.0 Å². The van der Waals surface area contributed by atoms with Gasteiger partial charge < -0.3 is 12.5 Å². The molecule has 0 fully saturated rings. The molecule has 0 saturated heterocycles. The van der Waals surface area contributed by atoms with Gasteiger partial charge in [0.25, 0.3) is 10.0 Å². The van der Waals surface area contributed by atoms with Crippen LogP contribution in [0.3, 0.4) is 0 Å². The molecule has 149 valence electrons. The quantitative estimate of drug-likeness (QED) is 0.498. The van der Waals surface area contributed by atoms with Crippen molar-refractivity contribution in [1.82, 2.24) is 4.98 Å². The predicted molar refractivity (Wildman–Crippen MR) is 115 cm³/mol. The average Bonchev–Trinajstić information content (AvgIpc) is 3.06. The maximum atomic E-state index is 13.1. The van der Waals surface area contributed by atoms with E-state index in [1.807, 2.05) is 26.8 Å². The monoisotopic (exact) mass is 494 g/mol. The van der Waals surface area contributed by atoms with Crippen LogP contribution in [0.1, 0.15) is 41.8 Å². The van der Waals surface area contributed by atoms with E-state index in [0.717, 1.165) is 14.9 Å². The third kappa shape index (κ3) is 4.68. The van der Waals surface area contributed by atoms with Gasteiger partial charge in [0.1, 0.15) is 9.78 Å². The van der Waals surface area contributed by atoms with E-state index in [4.69, 9.17) is 6.42 Å². The summed E-state index contributed by atoms with van der Waals surface area (Å²) in [6, 6.07) is 7.04. The maximum absolute atomic E-state index is 13.1. The second kappa shape index (κ2) is 11.1. The molecule has 28 heavy (non-hydrogen) atoms. The Hall–Kier alpha value is -1.20. The fourth-order valence-corrected chi connectivity index (χ4v) is 5.37. The Bertz CT molecular complexity index is 989. The molecular formula is C20H25N2O3S2Y-. The number of terminal acetylenes is 1. The predicted octanol–water partition coefficient (Wildman–Crippen LogP) is 4.65. The number of fused-ring (bicyclic) bond motifs is 1. The minimum Gasteiger partial charge on any atom is -0.505 e. The molecule has 0 unspecified atom stereocenters. The number of thiazole rings is 1. The summed E-state index contributed by atoms with van der Waals surface area (Å²) in [4.78, 5) is 4.67. The van der Waals surface area contributed by atoms with Crippen molar-refractivity contribution >= 4 is 37.8 Å². The second-order valence-electron chi connectivity index (χ2n) is 5.32. The standard InChI is InChI=1S/C17H16N2O3S2.C2H6.CH3.Y/c1-4-10-19-17-15(23-13(5-2)18-17)14(20)16(24(19,21)22)12-9-7-6-8-11(12)3;1-2;;/h1,6-9,20H,5,10H2,2-3H3;1-2H3;1H3;/q;;-1;. The summed E-state index contributed by atoms with van der Waals surface area (Å²) in [5.74, 6) is 2.32. The Balaban J connectivity index is 0.00000177. The number of aliphatic hydroxyl groups is 1. The number of hydrogen-bond donors (Lipinski definition) is 1. The molecule has 0 aliphatic carbocycles. The van der Waals surface area contributed by atoms with Gasteiger partial charge in [-0.05, 0) is 18.9 Å². The molecule has 2 aromatic rings. The molecule has 1 aromatic heterocycles. The van der Waals surface area contributed by atoms with Gasteiger partial charge in [-0.3, -0.25) is 0 Å². The van der Waals surface area contributed by atoms with E-state index in [1.165, 1.54) is 11.3 Å². The molecule has 1 aliphatic rings. The summed E-state index contributed by atoms with van der Waals surface area (Å²) in [6.07, 6.45) is 6.01. The molecule has 8 heteroatoms. The Morgan fingerprint density at radius 3 is 2.43 bits per heavy atom. The largest absolute Gasteiger partial charge is 0.505 e. The van der Waals surface area contributed by atoms with Gasteiger partial charge in [-0.2, -0.15) is 0 Å². The van der Waals surface area contributed by atoms with Gasteiger partial charge in [-0.25, -0.2) is 17.7 Å². The smallest absolute Gasteiger partial charge is 0.270 e. The molecule has 0 saturated carbocycles. The maximum Gasteiger partial charge on any atom is 0.270 e. The number of hydrogen-bond acceptors (Lipinski definition) is 5. The Morgan fingerprint density at radius 2 is 1.89 bits per heavy atom. The number of rotatable bonds is 3. The van der Waals surface area contributed by atoms with Crippen LogP contribution in [0.4, 0.5) is 5.82 Å². The number of nitrogens with zero attached hydrogens (tertiary/aromatic N) is 2. The number of aryl methyl sites for hydroxylation is 2. The third-order valence-corrected chi connectivity index (χ3v) is 6.80. The summed E-state index contributed by atoms with van der Waals surface area (Å²) < 4.78 is 27.3. The summed E-state index contributed by atoms with van der Waals surface area (Å²) in [6.45, 7) is 7.59. The summed E-state index contributed by atoms with van der Waals surface area (Å²) in [7, 11) is -3.99. The van der Waals surface area contributed by atoms with Crippen molar-refractivity contribution in [2.45, 2.75) is 34.1 Å². The fraction of sp³-hybridized carbons (Fsp3) is 0.300. The van der Waals surface area contributed by atoms with Gasteiger partial charge in [-0.15, -0.1) is 17.8 Å². The third-order valence-electron chi connectivity index (χ3n) is 3.80. The van der Waals surface area contributed by atoms with Crippen LogP contribution in [0.2, 0.25) is 0 Å². The van der Waals surface area contributed by atoms with Crippen molar-refractivity contribution in [3.05, 3.63) is 52.7 Å². The molecule has 1 aromatic carbocycles. The van der Waals surface area contributed by atoms with E-state index in [9.17, 15) is 13.5 Å². The molecule has 0 atom stereocenters. The van der Waals surface area contributed by atoms with Crippen LogP contribution in [-0.2, 0) is 49.2 Å². The minimum atomic E-state index is -3.99. The Labute approximate surface area is 197 Å². The SMILES string of the molecule is C#CCN1c2nc(CC)sc2C(O)=C(c2ccccc2C)S1(=O)=O.CC.[CH3-].[Y]. The van der Waals surface area contributed by atoms with Crippen molar-refractivity contribution in [2.24, 2.45) is 0 Å². The van der Waals surface area contributed by atoms with Crippen molar-refractivity contribution in [3.63, 3.8) is 0 Å². The number of aliphatic hydroxyl groups excluding tert-OH is 1. The van der Waals surface area contributed by atoms with E-state index in [2.05, 4.69) is 10.9 Å². The summed E-state index contributed by atoms with van der Waals surface area (Å²) in [5, 5.41) is 11.5. The van der Waals surface area contributed by atoms with Crippen LogP contribution in [0, 0.1) is 26.7 Å². The van der Waals surface area contributed by atoms with Crippen LogP contribution in [-0.4, -0.2) is 25.1 Å². The number of benzene rings is 1. The normalized spacial score (nSPS) is 13.9. The zero-order valence-electron chi connectivity index (χ0n) is 16.9. The Kier molecular flexibility index (Phi) is 10.6. The Morgan fingerprint density at radius 1 is 1.29 bits per heavy atom. The van der Waals surface area contributed by atoms with Crippen molar-refractivity contribution in [2.75, 3.05) is 10.8 Å². The average molecular weight is 494 g/mol. The number of sulfonamides is 1. The molecule has 0 bridgehead atoms. The van der Waals surface area contributed by atoms with Gasteiger partial charge in [0, 0.05) is 38.3 Å². The fourth-order valence-electron chi connectivity index (χ4n) is 2.62. The first-order valence-electron chi connectivity index (χ1n) is 8.37. The first-order valence-corrected chi connectivity index (χ1v) is 10.6. The minimum absolute atomic E-state index is 0. The van der Waals surface area contributed by atoms with Crippen molar-refractivity contribution in [3.8, 4) is 12.3 Å². The van der Waals surface area contributed by atoms with Gasteiger partial charge in [0.15, 0.2) is 11.6 Å². The van der Waals surface area contributed by atoms with Crippen LogP contribution < -0.4 is 4.31 Å². The molecular weight excluding hydrogens is 469 g/mol. The molecule has 1 N–H and O–H groups in total. The zero-order chi connectivity index (χ0) is 19.5. The topological polar surface area (TPSA) is 70.5 Å².